The summed E-state index contributed by atoms with van der Waals surface area (Å²) in [5.41, 5.74) is 0.753. The van der Waals surface area contributed by atoms with Gasteiger partial charge in [0, 0.05) is 23.9 Å². The third kappa shape index (κ3) is 3.33. The van der Waals surface area contributed by atoms with Gasteiger partial charge in [-0.25, -0.2) is 8.42 Å². The fraction of sp³-hybridized carbons (Fsp3) is 0.375. The zero-order valence-electron chi connectivity index (χ0n) is 14.1. The number of rotatable bonds is 6. The van der Waals surface area contributed by atoms with Gasteiger partial charge in [-0.1, -0.05) is 6.07 Å². The lowest BCUT2D eigenvalue weighted by molar-refractivity contribution is 0.344. The van der Waals surface area contributed by atoms with Crippen LogP contribution in [-0.4, -0.2) is 46.4 Å². The van der Waals surface area contributed by atoms with Gasteiger partial charge in [-0.15, -0.1) is 23.1 Å². The summed E-state index contributed by atoms with van der Waals surface area (Å²) < 4.78 is 44.0. The molecule has 136 valence electrons. The monoisotopic (exact) mass is 401 g/mol. The summed E-state index contributed by atoms with van der Waals surface area (Å²) in [6.45, 7) is 0.451. The first-order chi connectivity index (χ1) is 12.0. The largest absolute Gasteiger partial charge is 0.496 e. The van der Waals surface area contributed by atoms with Crippen molar-refractivity contribution in [3.63, 3.8) is 0 Å². The second kappa shape index (κ2) is 7.45. The number of sulfonamides is 1. The Kier molecular flexibility index (Phi) is 5.47. The summed E-state index contributed by atoms with van der Waals surface area (Å²) in [6.07, 6.45) is 0. The Labute approximate surface area is 155 Å². The molecule has 2 aromatic rings. The summed E-state index contributed by atoms with van der Waals surface area (Å²) >= 11 is 2.79. The Hall–Kier alpha value is -1.42. The molecule has 0 radical (unpaired) electrons. The number of hydrogen-bond donors (Lipinski definition) is 0. The zero-order valence-corrected chi connectivity index (χ0v) is 16.5. The van der Waals surface area contributed by atoms with E-state index in [1.165, 1.54) is 15.6 Å². The number of nitrogens with zero attached hydrogens (tertiary/aromatic N) is 1. The fourth-order valence-electron chi connectivity index (χ4n) is 2.72. The Morgan fingerprint density at radius 3 is 2.36 bits per heavy atom. The van der Waals surface area contributed by atoms with E-state index in [2.05, 4.69) is 0 Å². The molecule has 3 rings (SSSR count). The summed E-state index contributed by atoms with van der Waals surface area (Å²) in [6, 6.07) is 6.89. The first kappa shape index (κ1) is 18.4. The van der Waals surface area contributed by atoms with Gasteiger partial charge in [0.25, 0.3) is 10.0 Å². The van der Waals surface area contributed by atoms with Crippen molar-refractivity contribution in [3.05, 3.63) is 35.2 Å². The number of methoxy groups -OCH3 is 3. The topological polar surface area (TPSA) is 65.1 Å². The van der Waals surface area contributed by atoms with Crippen LogP contribution in [0.1, 0.15) is 10.9 Å². The Morgan fingerprint density at radius 2 is 1.76 bits per heavy atom. The molecule has 1 unspecified atom stereocenters. The van der Waals surface area contributed by atoms with E-state index >= 15 is 0 Å². The van der Waals surface area contributed by atoms with Crippen LogP contribution >= 0.6 is 23.1 Å². The molecule has 1 aromatic heterocycles. The fourth-order valence-corrected chi connectivity index (χ4v) is 7.08. The summed E-state index contributed by atoms with van der Waals surface area (Å²) in [7, 11) is 1.11. The van der Waals surface area contributed by atoms with Crippen LogP contribution < -0.4 is 14.2 Å². The molecule has 1 aliphatic heterocycles. The molecular formula is C16H19NO5S3. The molecule has 9 heteroatoms. The summed E-state index contributed by atoms with van der Waals surface area (Å²) in [4.78, 5) is 0. The van der Waals surface area contributed by atoms with Crippen molar-refractivity contribution < 1.29 is 22.6 Å². The standard InChI is InChI=1S/C16H19NO5S3/c1-20-12-10-14(22-3)13(21-2)9-11(12)16-17(6-8-24-16)25(18,19)15-5-4-7-23-15/h4-5,7,9-10,16H,6,8H2,1-3H3. The first-order valence-electron chi connectivity index (χ1n) is 7.49. The van der Waals surface area contributed by atoms with Gasteiger partial charge in [0.1, 0.15) is 9.96 Å². The Bertz CT molecular complexity index is 836. The molecule has 25 heavy (non-hydrogen) atoms. The average Bonchev–Trinajstić information content (AvgIpc) is 3.32. The molecule has 0 bridgehead atoms. The molecular weight excluding hydrogens is 382 g/mol. The minimum atomic E-state index is -3.55. The minimum absolute atomic E-state index is 0.347. The highest BCUT2D eigenvalue weighted by Crippen LogP contribution is 2.48. The van der Waals surface area contributed by atoms with Gasteiger partial charge in [-0.3, -0.25) is 0 Å². The summed E-state index contributed by atoms with van der Waals surface area (Å²) in [5.74, 6) is 2.37. The quantitative estimate of drug-likeness (QED) is 0.741. The molecule has 1 fully saturated rings. The maximum absolute atomic E-state index is 13.0. The number of hydrogen-bond acceptors (Lipinski definition) is 7. The average molecular weight is 402 g/mol. The van der Waals surface area contributed by atoms with Crippen LogP contribution in [0.4, 0.5) is 0 Å². The van der Waals surface area contributed by atoms with Crippen molar-refractivity contribution in [2.45, 2.75) is 9.58 Å². The van der Waals surface area contributed by atoms with Crippen LogP contribution in [0.3, 0.4) is 0 Å². The van der Waals surface area contributed by atoms with Gasteiger partial charge >= 0.3 is 0 Å². The van der Waals surface area contributed by atoms with Gasteiger partial charge < -0.3 is 14.2 Å². The molecule has 0 saturated carbocycles. The number of benzene rings is 1. The molecule has 1 aromatic carbocycles. The van der Waals surface area contributed by atoms with Gasteiger partial charge in [0.15, 0.2) is 11.5 Å². The van der Waals surface area contributed by atoms with Crippen LogP contribution in [0.5, 0.6) is 17.2 Å². The highest BCUT2D eigenvalue weighted by molar-refractivity contribution is 8.01. The second-order valence-corrected chi connectivity index (χ2v) is 9.47. The molecule has 6 nitrogen and oxygen atoms in total. The van der Waals surface area contributed by atoms with Gasteiger partial charge in [0.2, 0.25) is 0 Å². The molecule has 2 heterocycles. The number of thioether (sulfide) groups is 1. The predicted octanol–water partition coefficient (Wildman–Crippen LogP) is 3.21. The normalized spacial score (nSPS) is 18.3. The molecule has 0 amide bonds. The second-order valence-electron chi connectivity index (χ2n) is 5.22. The smallest absolute Gasteiger partial charge is 0.253 e. The van der Waals surface area contributed by atoms with Crippen molar-refractivity contribution in [2.75, 3.05) is 33.6 Å². The van der Waals surface area contributed by atoms with Crippen LogP contribution in [0.2, 0.25) is 0 Å². The lowest BCUT2D eigenvalue weighted by Crippen LogP contribution is -2.30. The lowest BCUT2D eigenvalue weighted by Gasteiger charge is -2.25. The first-order valence-corrected chi connectivity index (χ1v) is 10.9. The van der Waals surface area contributed by atoms with E-state index in [1.807, 2.05) is 0 Å². The van der Waals surface area contributed by atoms with E-state index in [4.69, 9.17) is 14.2 Å². The third-order valence-corrected chi connectivity index (χ3v) is 8.52. The number of thiophene rings is 1. The third-order valence-electron chi connectivity index (χ3n) is 3.91. The van der Waals surface area contributed by atoms with E-state index in [-0.39, 0.29) is 5.37 Å². The van der Waals surface area contributed by atoms with Crippen LogP contribution in [0.25, 0.3) is 0 Å². The van der Waals surface area contributed by atoms with Gasteiger partial charge in [0.05, 0.1) is 26.7 Å². The van der Waals surface area contributed by atoms with E-state index in [9.17, 15) is 8.42 Å². The maximum Gasteiger partial charge on any atom is 0.253 e. The number of ether oxygens (including phenoxy) is 3. The molecule has 0 aliphatic carbocycles. The predicted molar refractivity (Wildman–Crippen MR) is 99.5 cm³/mol. The highest BCUT2D eigenvalue weighted by atomic mass is 32.2. The minimum Gasteiger partial charge on any atom is -0.496 e. The van der Waals surface area contributed by atoms with Crippen molar-refractivity contribution in [1.29, 1.82) is 0 Å². The molecule has 0 spiro atoms. The van der Waals surface area contributed by atoms with Crippen molar-refractivity contribution in [1.82, 2.24) is 4.31 Å². The van der Waals surface area contributed by atoms with Crippen LogP contribution in [0, 0.1) is 0 Å². The van der Waals surface area contributed by atoms with Gasteiger partial charge in [-0.2, -0.15) is 4.31 Å². The van der Waals surface area contributed by atoms with Crippen LogP contribution in [-0.2, 0) is 10.0 Å². The van der Waals surface area contributed by atoms with Crippen molar-refractivity contribution >= 4 is 33.1 Å². The highest BCUT2D eigenvalue weighted by Gasteiger charge is 2.39. The molecule has 1 aliphatic rings. The maximum atomic E-state index is 13.0. The SMILES string of the molecule is COc1cc(OC)c(C2SCCN2S(=O)(=O)c2cccs2)cc1OC. The lowest BCUT2D eigenvalue weighted by atomic mass is 10.1. The van der Waals surface area contributed by atoms with E-state index in [1.54, 1.807) is 62.7 Å². The zero-order chi connectivity index (χ0) is 18.0. The molecule has 0 N–H and O–H groups in total. The van der Waals surface area contributed by atoms with Crippen molar-refractivity contribution in [2.24, 2.45) is 0 Å². The van der Waals surface area contributed by atoms with E-state index < -0.39 is 10.0 Å². The van der Waals surface area contributed by atoms with Crippen molar-refractivity contribution in [3.8, 4) is 17.2 Å². The van der Waals surface area contributed by atoms with Gasteiger partial charge in [-0.05, 0) is 17.5 Å². The molecule has 1 atom stereocenters. The Balaban J connectivity index is 2.06. The summed E-state index contributed by atoms with van der Waals surface area (Å²) in [5, 5.41) is 1.39. The Morgan fingerprint density at radius 1 is 1.08 bits per heavy atom. The molecule has 1 saturated heterocycles. The van der Waals surface area contributed by atoms with Crippen LogP contribution in [0.15, 0.2) is 33.9 Å². The van der Waals surface area contributed by atoms with E-state index in [0.29, 0.717) is 33.8 Å². The van der Waals surface area contributed by atoms with E-state index in [0.717, 1.165) is 5.56 Å².